The molecular formula is C11H13NO2. The van der Waals surface area contributed by atoms with Crippen molar-refractivity contribution in [3.05, 3.63) is 35.4 Å². The number of likely N-dealkylation sites (N-methyl/N-ethyl adjacent to an activating group) is 1. The van der Waals surface area contributed by atoms with Crippen LogP contribution in [0.5, 0.6) is 0 Å². The highest BCUT2D eigenvalue weighted by Gasteiger charge is 2.17. The van der Waals surface area contributed by atoms with Gasteiger partial charge in [-0.3, -0.25) is 9.59 Å². The average molecular weight is 191 g/mol. The highest BCUT2D eigenvalue weighted by molar-refractivity contribution is 6.42. The van der Waals surface area contributed by atoms with Crippen LogP contribution in [0.2, 0.25) is 0 Å². The van der Waals surface area contributed by atoms with Crippen molar-refractivity contribution in [3.8, 4) is 0 Å². The van der Waals surface area contributed by atoms with Crippen LogP contribution in [-0.2, 0) is 4.79 Å². The maximum atomic E-state index is 11.5. The van der Waals surface area contributed by atoms with Gasteiger partial charge < -0.3 is 4.90 Å². The van der Waals surface area contributed by atoms with Crippen LogP contribution in [-0.4, -0.2) is 30.7 Å². The van der Waals surface area contributed by atoms with E-state index in [1.54, 1.807) is 32.3 Å². The number of aryl methyl sites for hydroxylation is 1. The second-order valence-corrected chi connectivity index (χ2v) is 3.40. The highest BCUT2D eigenvalue weighted by Crippen LogP contribution is 2.05. The first-order valence-electron chi connectivity index (χ1n) is 4.35. The summed E-state index contributed by atoms with van der Waals surface area (Å²) in [5.41, 5.74) is 1.42. The van der Waals surface area contributed by atoms with Gasteiger partial charge in [0.05, 0.1) is 0 Å². The maximum absolute atomic E-state index is 11.5. The standard InChI is InChI=1S/C11H13NO2/c1-8-5-4-6-9(7-8)10(13)11(14)12(2)3/h4-7H,1-3H3. The van der Waals surface area contributed by atoms with Gasteiger partial charge in [-0.25, -0.2) is 0 Å². The third-order valence-electron chi connectivity index (χ3n) is 1.88. The summed E-state index contributed by atoms with van der Waals surface area (Å²) in [6.45, 7) is 1.89. The summed E-state index contributed by atoms with van der Waals surface area (Å²) in [6.07, 6.45) is 0. The lowest BCUT2D eigenvalue weighted by atomic mass is 10.1. The molecule has 0 N–H and O–H groups in total. The molecule has 0 bridgehead atoms. The Morgan fingerprint density at radius 1 is 1.21 bits per heavy atom. The van der Waals surface area contributed by atoms with E-state index >= 15 is 0 Å². The largest absolute Gasteiger partial charge is 0.342 e. The fraction of sp³-hybridized carbons (Fsp3) is 0.273. The number of ketones is 1. The van der Waals surface area contributed by atoms with Gasteiger partial charge in [0, 0.05) is 19.7 Å². The van der Waals surface area contributed by atoms with E-state index in [1.165, 1.54) is 4.90 Å². The normalized spacial score (nSPS) is 9.64. The van der Waals surface area contributed by atoms with Gasteiger partial charge in [0.15, 0.2) is 0 Å². The van der Waals surface area contributed by atoms with Crippen LogP contribution < -0.4 is 0 Å². The zero-order chi connectivity index (χ0) is 10.7. The number of carbonyl (C=O) groups excluding carboxylic acids is 2. The molecule has 1 rings (SSSR count). The molecule has 0 aliphatic rings. The Labute approximate surface area is 83.3 Å². The summed E-state index contributed by atoms with van der Waals surface area (Å²) in [6, 6.07) is 7.02. The molecular weight excluding hydrogens is 178 g/mol. The molecule has 1 aromatic rings. The first-order valence-corrected chi connectivity index (χ1v) is 4.35. The predicted molar refractivity (Wildman–Crippen MR) is 54.2 cm³/mol. The summed E-state index contributed by atoms with van der Waals surface area (Å²) in [5.74, 6) is -0.950. The van der Waals surface area contributed by atoms with Crippen molar-refractivity contribution >= 4 is 11.7 Å². The molecule has 3 heteroatoms. The van der Waals surface area contributed by atoms with Gasteiger partial charge in [0.25, 0.3) is 5.91 Å². The molecule has 0 unspecified atom stereocenters. The minimum absolute atomic E-state index is 0.448. The topological polar surface area (TPSA) is 37.4 Å². The molecule has 0 aliphatic carbocycles. The molecule has 74 valence electrons. The monoisotopic (exact) mass is 191 g/mol. The number of nitrogens with zero attached hydrogens (tertiary/aromatic N) is 1. The zero-order valence-electron chi connectivity index (χ0n) is 8.57. The molecule has 0 saturated heterocycles. The van der Waals surface area contributed by atoms with E-state index in [4.69, 9.17) is 0 Å². The third-order valence-corrected chi connectivity index (χ3v) is 1.88. The smallest absolute Gasteiger partial charge is 0.294 e. The second kappa shape index (κ2) is 4.05. The van der Waals surface area contributed by atoms with Crippen LogP contribution in [0, 0.1) is 6.92 Å². The molecule has 0 fully saturated rings. The van der Waals surface area contributed by atoms with E-state index in [2.05, 4.69) is 0 Å². The minimum atomic E-state index is -0.490. The lowest BCUT2D eigenvalue weighted by Crippen LogP contribution is -2.29. The fourth-order valence-corrected chi connectivity index (χ4v) is 1.11. The van der Waals surface area contributed by atoms with E-state index < -0.39 is 11.7 Å². The van der Waals surface area contributed by atoms with Crippen LogP contribution in [0.25, 0.3) is 0 Å². The van der Waals surface area contributed by atoms with Crippen molar-refractivity contribution < 1.29 is 9.59 Å². The maximum Gasteiger partial charge on any atom is 0.294 e. The molecule has 0 aromatic heterocycles. The lowest BCUT2D eigenvalue weighted by Gasteiger charge is -2.08. The molecule has 0 aliphatic heterocycles. The first-order chi connectivity index (χ1) is 6.52. The van der Waals surface area contributed by atoms with Crippen LogP contribution >= 0.6 is 0 Å². The Kier molecular flexibility index (Phi) is 3.02. The second-order valence-electron chi connectivity index (χ2n) is 3.40. The highest BCUT2D eigenvalue weighted by atomic mass is 16.2. The Morgan fingerprint density at radius 3 is 2.36 bits per heavy atom. The zero-order valence-corrected chi connectivity index (χ0v) is 8.57. The minimum Gasteiger partial charge on any atom is -0.342 e. The summed E-state index contributed by atoms with van der Waals surface area (Å²) < 4.78 is 0. The Morgan fingerprint density at radius 2 is 1.86 bits per heavy atom. The van der Waals surface area contributed by atoms with Crippen LogP contribution in [0.3, 0.4) is 0 Å². The molecule has 0 saturated carbocycles. The molecule has 1 aromatic carbocycles. The van der Waals surface area contributed by atoms with Gasteiger partial charge in [-0.05, 0) is 13.0 Å². The summed E-state index contributed by atoms with van der Waals surface area (Å²) in [7, 11) is 3.13. The quantitative estimate of drug-likeness (QED) is 0.521. The van der Waals surface area contributed by atoms with Gasteiger partial charge in [-0.1, -0.05) is 23.8 Å². The van der Waals surface area contributed by atoms with Gasteiger partial charge in [-0.2, -0.15) is 0 Å². The Balaban J connectivity index is 2.95. The van der Waals surface area contributed by atoms with Crippen molar-refractivity contribution in [2.45, 2.75) is 6.92 Å². The first kappa shape index (κ1) is 10.4. The van der Waals surface area contributed by atoms with E-state index in [-0.39, 0.29) is 0 Å². The van der Waals surface area contributed by atoms with Crippen molar-refractivity contribution in [1.82, 2.24) is 4.90 Å². The van der Waals surface area contributed by atoms with Crippen LogP contribution in [0.4, 0.5) is 0 Å². The van der Waals surface area contributed by atoms with Crippen molar-refractivity contribution in [3.63, 3.8) is 0 Å². The number of hydrogen-bond acceptors (Lipinski definition) is 2. The molecule has 3 nitrogen and oxygen atoms in total. The van der Waals surface area contributed by atoms with Gasteiger partial charge >= 0.3 is 0 Å². The third kappa shape index (κ3) is 2.19. The number of benzene rings is 1. The van der Waals surface area contributed by atoms with Crippen molar-refractivity contribution in [2.24, 2.45) is 0 Å². The molecule has 1 amide bonds. The number of carbonyl (C=O) groups is 2. The van der Waals surface area contributed by atoms with E-state index in [1.807, 2.05) is 13.0 Å². The number of rotatable bonds is 2. The van der Waals surface area contributed by atoms with Crippen LogP contribution in [0.15, 0.2) is 24.3 Å². The van der Waals surface area contributed by atoms with E-state index in [0.29, 0.717) is 5.56 Å². The van der Waals surface area contributed by atoms with Gasteiger partial charge in [0.1, 0.15) is 0 Å². The Hall–Kier alpha value is -1.64. The molecule has 0 radical (unpaired) electrons. The summed E-state index contributed by atoms with van der Waals surface area (Å²) in [4.78, 5) is 24.2. The number of amides is 1. The van der Waals surface area contributed by atoms with E-state index in [9.17, 15) is 9.59 Å². The van der Waals surface area contributed by atoms with E-state index in [0.717, 1.165) is 5.56 Å². The van der Waals surface area contributed by atoms with Gasteiger partial charge in [0.2, 0.25) is 5.78 Å². The van der Waals surface area contributed by atoms with Crippen LogP contribution in [0.1, 0.15) is 15.9 Å². The Bertz CT molecular complexity index is 369. The summed E-state index contributed by atoms with van der Waals surface area (Å²) >= 11 is 0. The number of Topliss-reactive ketones (excluding diaryl/α,β-unsaturated/α-hetero) is 1. The van der Waals surface area contributed by atoms with Crippen molar-refractivity contribution in [1.29, 1.82) is 0 Å². The predicted octanol–water partition coefficient (Wildman–Crippen LogP) is 1.27. The number of hydrogen-bond donors (Lipinski definition) is 0. The van der Waals surface area contributed by atoms with Crippen molar-refractivity contribution in [2.75, 3.05) is 14.1 Å². The molecule has 0 heterocycles. The lowest BCUT2D eigenvalue weighted by molar-refractivity contribution is -0.124. The average Bonchev–Trinajstić information content (AvgIpc) is 2.15. The molecule has 14 heavy (non-hydrogen) atoms. The summed E-state index contributed by atoms with van der Waals surface area (Å²) in [5, 5.41) is 0. The molecule has 0 atom stereocenters. The SMILES string of the molecule is Cc1cccc(C(=O)C(=O)N(C)C)c1. The molecule has 0 spiro atoms. The van der Waals surface area contributed by atoms with Gasteiger partial charge in [-0.15, -0.1) is 0 Å². The fourth-order valence-electron chi connectivity index (χ4n) is 1.11.